The zero-order valence-corrected chi connectivity index (χ0v) is 12.7. The van der Waals surface area contributed by atoms with Crippen molar-refractivity contribution in [2.24, 2.45) is 0 Å². The molecule has 0 aliphatic carbocycles. The first kappa shape index (κ1) is 14.3. The number of hydrogen-bond acceptors (Lipinski definition) is 4. The summed E-state index contributed by atoms with van der Waals surface area (Å²) < 4.78 is 1.86. The van der Waals surface area contributed by atoms with Crippen molar-refractivity contribution in [1.29, 1.82) is 0 Å². The van der Waals surface area contributed by atoms with E-state index >= 15 is 0 Å². The summed E-state index contributed by atoms with van der Waals surface area (Å²) in [7, 11) is 0. The van der Waals surface area contributed by atoms with Gasteiger partial charge in [0.15, 0.2) is 4.96 Å². The van der Waals surface area contributed by atoms with Crippen molar-refractivity contribution >= 4 is 28.1 Å². The maximum atomic E-state index is 11.9. The van der Waals surface area contributed by atoms with E-state index < -0.39 is 0 Å². The first-order chi connectivity index (χ1) is 10.6. The minimum atomic E-state index is -0.348. The number of carbonyl (C=O) groups is 2. The molecule has 0 bridgehead atoms. The molecular weight excluding hydrogens is 300 g/mol. The Morgan fingerprint density at radius 2 is 2.00 bits per heavy atom. The topological polar surface area (TPSA) is 75.5 Å². The molecule has 0 saturated heterocycles. The summed E-state index contributed by atoms with van der Waals surface area (Å²) in [6.45, 7) is 1.94. The standard InChI is InChI=1S/C15H14N4O2S/c1-10-2-4-11(5-3-10)14(21)18-17-13(20)8-12-9-19-6-7-22-15(19)16-12/h2-7,9H,8H2,1H3,(H,17,20)(H,18,21). The lowest BCUT2D eigenvalue weighted by Crippen LogP contribution is -2.42. The van der Waals surface area contributed by atoms with Gasteiger partial charge in [-0.1, -0.05) is 17.7 Å². The lowest BCUT2D eigenvalue weighted by atomic mass is 10.1. The van der Waals surface area contributed by atoms with Gasteiger partial charge in [-0.2, -0.15) is 0 Å². The van der Waals surface area contributed by atoms with E-state index in [0.29, 0.717) is 11.3 Å². The minimum Gasteiger partial charge on any atom is -0.297 e. The molecule has 22 heavy (non-hydrogen) atoms. The second-order valence-corrected chi connectivity index (χ2v) is 5.74. The molecule has 3 aromatic rings. The molecule has 0 fully saturated rings. The predicted octanol–water partition coefficient (Wildman–Crippen LogP) is 1.71. The summed E-state index contributed by atoms with van der Waals surface area (Å²) in [5.41, 5.74) is 7.02. The van der Waals surface area contributed by atoms with E-state index in [2.05, 4.69) is 15.8 Å². The molecule has 3 rings (SSSR count). The van der Waals surface area contributed by atoms with Crippen molar-refractivity contribution in [3.05, 3.63) is 58.9 Å². The van der Waals surface area contributed by atoms with Gasteiger partial charge in [0.2, 0.25) is 5.91 Å². The number of hydrazine groups is 1. The van der Waals surface area contributed by atoms with E-state index in [4.69, 9.17) is 0 Å². The summed E-state index contributed by atoms with van der Waals surface area (Å²) >= 11 is 1.50. The van der Waals surface area contributed by atoms with E-state index in [9.17, 15) is 9.59 Å². The highest BCUT2D eigenvalue weighted by atomic mass is 32.1. The molecule has 0 spiro atoms. The van der Waals surface area contributed by atoms with Gasteiger partial charge in [0.1, 0.15) is 0 Å². The Kier molecular flexibility index (Phi) is 3.88. The van der Waals surface area contributed by atoms with Gasteiger partial charge in [0.25, 0.3) is 5.91 Å². The van der Waals surface area contributed by atoms with Crippen LogP contribution in [0.3, 0.4) is 0 Å². The van der Waals surface area contributed by atoms with E-state index in [1.807, 2.05) is 35.0 Å². The van der Waals surface area contributed by atoms with Crippen LogP contribution >= 0.6 is 11.3 Å². The lowest BCUT2D eigenvalue weighted by molar-refractivity contribution is -0.121. The third-order valence-electron chi connectivity index (χ3n) is 3.11. The molecule has 0 aliphatic heterocycles. The van der Waals surface area contributed by atoms with Crippen LogP contribution in [-0.2, 0) is 11.2 Å². The van der Waals surface area contributed by atoms with Gasteiger partial charge in [0.05, 0.1) is 12.1 Å². The van der Waals surface area contributed by atoms with Gasteiger partial charge in [-0.25, -0.2) is 4.98 Å². The molecule has 112 valence electrons. The fourth-order valence-corrected chi connectivity index (χ4v) is 2.69. The van der Waals surface area contributed by atoms with Crippen molar-refractivity contribution < 1.29 is 9.59 Å². The number of benzene rings is 1. The number of carbonyl (C=O) groups excluding carboxylic acids is 2. The number of aryl methyl sites for hydroxylation is 1. The Labute approximate surface area is 130 Å². The van der Waals surface area contributed by atoms with Crippen LogP contribution in [0.2, 0.25) is 0 Å². The number of nitrogens with one attached hydrogen (secondary N) is 2. The van der Waals surface area contributed by atoms with Crippen molar-refractivity contribution in [2.45, 2.75) is 13.3 Å². The van der Waals surface area contributed by atoms with Crippen LogP contribution in [0.15, 0.2) is 42.0 Å². The van der Waals surface area contributed by atoms with Gasteiger partial charge in [-0.15, -0.1) is 11.3 Å². The van der Waals surface area contributed by atoms with Crippen LogP contribution in [-0.4, -0.2) is 21.2 Å². The molecule has 0 saturated carbocycles. The Morgan fingerprint density at radius 3 is 2.73 bits per heavy atom. The second-order valence-electron chi connectivity index (χ2n) is 4.87. The van der Waals surface area contributed by atoms with Crippen LogP contribution in [0, 0.1) is 6.92 Å². The van der Waals surface area contributed by atoms with Gasteiger partial charge in [0, 0.05) is 23.3 Å². The predicted molar refractivity (Wildman–Crippen MR) is 83.6 cm³/mol. The first-order valence-corrected chi connectivity index (χ1v) is 7.57. The number of hydrogen-bond donors (Lipinski definition) is 2. The van der Waals surface area contributed by atoms with Gasteiger partial charge < -0.3 is 0 Å². The lowest BCUT2D eigenvalue weighted by Gasteiger charge is -2.06. The molecule has 2 amide bonds. The molecule has 0 radical (unpaired) electrons. The van der Waals surface area contributed by atoms with E-state index in [1.54, 1.807) is 18.3 Å². The average Bonchev–Trinajstić information content (AvgIpc) is 3.06. The van der Waals surface area contributed by atoms with Crippen LogP contribution in [0.4, 0.5) is 0 Å². The molecule has 2 N–H and O–H groups in total. The third-order valence-corrected chi connectivity index (χ3v) is 3.88. The molecule has 2 heterocycles. The molecule has 0 atom stereocenters. The van der Waals surface area contributed by atoms with Gasteiger partial charge >= 0.3 is 0 Å². The zero-order chi connectivity index (χ0) is 15.5. The molecule has 0 unspecified atom stereocenters. The number of amides is 2. The van der Waals surface area contributed by atoms with Crippen molar-refractivity contribution in [2.75, 3.05) is 0 Å². The van der Waals surface area contributed by atoms with Gasteiger partial charge in [-0.05, 0) is 19.1 Å². The Balaban J connectivity index is 1.54. The number of thiazole rings is 1. The van der Waals surface area contributed by atoms with Crippen molar-refractivity contribution in [3.63, 3.8) is 0 Å². The summed E-state index contributed by atoms with van der Waals surface area (Å²) in [4.78, 5) is 28.9. The first-order valence-electron chi connectivity index (χ1n) is 6.69. The van der Waals surface area contributed by atoms with E-state index in [-0.39, 0.29) is 18.2 Å². The molecule has 6 nitrogen and oxygen atoms in total. The van der Waals surface area contributed by atoms with Crippen LogP contribution in [0.5, 0.6) is 0 Å². The number of imidazole rings is 1. The SMILES string of the molecule is Cc1ccc(C(=O)NNC(=O)Cc2cn3ccsc3n2)cc1. The number of nitrogens with zero attached hydrogens (tertiary/aromatic N) is 2. The molecule has 0 aliphatic rings. The minimum absolute atomic E-state index is 0.114. The van der Waals surface area contributed by atoms with Crippen molar-refractivity contribution in [1.82, 2.24) is 20.2 Å². The molecule has 1 aromatic carbocycles. The third kappa shape index (κ3) is 3.15. The summed E-state index contributed by atoms with van der Waals surface area (Å²) in [5, 5.41) is 1.92. The fourth-order valence-electron chi connectivity index (χ4n) is 1.97. The zero-order valence-electron chi connectivity index (χ0n) is 11.9. The van der Waals surface area contributed by atoms with Crippen LogP contribution in [0.25, 0.3) is 4.96 Å². The highest BCUT2D eigenvalue weighted by molar-refractivity contribution is 7.15. The van der Waals surface area contributed by atoms with Crippen molar-refractivity contribution in [3.8, 4) is 0 Å². The summed E-state index contributed by atoms with van der Waals surface area (Å²) in [6, 6.07) is 7.10. The van der Waals surface area contributed by atoms with Gasteiger partial charge in [-0.3, -0.25) is 24.8 Å². The molecule has 2 aromatic heterocycles. The second kappa shape index (κ2) is 5.98. The van der Waals surface area contributed by atoms with E-state index in [0.717, 1.165) is 10.5 Å². The Hall–Kier alpha value is -2.67. The van der Waals surface area contributed by atoms with Crippen LogP contribution < -0.4 is 10.9 Å². The Bertz CT molecular complexity index is 791. The maximum Gasteiger partial charge on any atom is 0.269 e. The van der Waals surface area contributed by atoms with Crippen LogP contribution in [0.1, 0.15) is 21.6 Å². The quantitative estimate of drug-likeness (QED) is 0.723. The Morgan fingerprint density at radius 1 is 1.23 bits per heavy atom. The molecular formula is C15H14N4O2S. The smallest absolute Gasteiger partial charge is 0.269 e. The highest BCUT2D eigenvalue weighted by Crippen LogP contribution is 2.11. The largest absolute Gasteiger partial charge is 0.297 e. The monoisotopic (exact) mass is 314 g/mol. The summed E-state index contributed by atoms with van der Waals surface area (Å²) in [6.07, 6.45) is 3.79. The highest BCUT2D eigenvalue weighted by Gasteiger charge is 2.10. The number of aromatic nitrogens is 2. The fraction of sp³-hybridized carbons (Fsp3) is 0.133. The number of rotatable bonds is 3. The maximum absolute atomic E-state index is 11.9. The average molecular weight is 314 g/mol. The molecule has 7 heteroatoms. The number of fused-ring (bicyclic) bond motifs is 1. The normalized spacial score (nSPS) is 10.6. The van der Waals surface area contributed by atoms with E-state index in [1.165, 1.54) is 11.3 Å². The summed E-state index contributed by atoms with van der Waals surface area (Å²) in [5.74, 6) is -0.662.